The van der Waals surface area contributed by atoms with Crippen LogP contribution >= 0.6 is 23.4 Å². The summed E-state index contributed by atoms with van der Waals surface area (Å²) in [6.45, 7) is 1.79. The van der Waals surface area contributed by atoms with Crippen LogP contribution in [0.2, 0.25) is 5.22 Å². The smallest absolute Gasteiger partial charge is 0.229 e. The molecule has 106 valence electrons. The summed E-state index contributed by atoms with van der Waals surface area (Å²) in [5, 5.41) is 7.63. The minimum Gasteiger partial charge on any atom is -0.352 e. The third-order valence-electron chi connectivity index (χ3n) is 3.63. The van der Waals surface area contributed by atoms with Crippen molar-refractivity contribution in [3.05, 3.63) is 16.5 Å². The zero-order valence-corrected chi connectivity index (χ0v) is 12.8. The van der Waals surface area contributed by atoms with Crippen molar-refractivity contribution < 1.29 is 9.32 Å². The molecule has 1 amide bonds. The van der Waals surface area contributed by atoms with Gasteiger partial charge in [-0.3, -0.25) is 4.79 Å². The molecule has 2 atom stereocenters. The molecule has 0 bridgehead atoms. The third kappa shape index (κ3) is 3.66. The van der Waals surface area contributed by atoms with Gasteiger partial charge in [0.15, 0.2) is 0 Å². The fourth-order valence-corrected chi connectivity index (χ4v) is 3.69. The first-order valence-corrected chi connectivity index (χ1v) is 8.21. The van der Waals surface area contributed by atoms with Gasteiger partial charge in [0.05, 0.1) is 12.1 Å². The lowest BCUT2D eigenvalue weighted by atomic mass is 9.94. The number of carbonyl (C=O) groups is 1. The molecule has 1 heterocycles. The van der Waals surface area contributed by atoms with Gasteiger partial charge >= 0.3 is 0 Å². The second-order valence-corrected chi connectivity index (χ2v) is 6.35. The highest BCUT2D eigenvalue weighted by Crippen LogP contribution is 2.27. The number of amides is 1. The lowest BCUT2D eigenvalue weighted by molar-refractivity contribution is -0.121. The molecule has 1 N–H and O–H groups in total. The summed E-state index contributed by atoms with van der Waals surface area (Å²) in [7, 11) is 0. The number of nitrogens with zero attached hydrogens (tertiary/aromatic N) is 1. The zero-order valence-electron chi connectivity index (χ0n) is 11.2. The summed E-state index contributed by atoms with van der Waals surface area (Å²) in [5.74, 6) is -0.000787. The Morgan fingerprint density at radius 1 is 1.53 bits per heavy atom. The molecule has 1 aromatic rings. The van der Waals surface area contributed by atoms with Crippen LogP contribution in [0.15, 0.2) is 4.52 Å². The topological polar surface area (TPSA) is 55.1 Å². The van der Waals surface area contributed by atoms with Crippen LogP contribution in [-0.4, -0.2) is 28.6 Å². The van der Waals surface area contributed by atoms with E-state index in [0.29, 0.717) is 16.5 Å². The van der Waals surface area contributed by atoms with Gasteiger partial charge in [-0.25, -0.2) is 0 Å². The predicted octanol–water partition coefficient (Wildman–Crippen LogP) is 2.97. The van der Waals surface area contributed by atoms with Gasteiger partial charge in [0, 0.05) is 16.9 Å². The van der Waals surface area contributed by atoms with E-state index in [4.69, 9.17) is 16.1 Å². The summed E-state index contributed by atoms with van der Waals surface area (Å²) in [6, 6.07) is 0.273. The number of aromatic nitrogens is 1. The van der Waals surface area contributed by atoms with E-state index >= 15 is 0 Å². The van der Waals surface area contributed by atoms with Crippen molar-refractivity contribution >= 4 is 29.3 Å². The number of hydrogen-bond donors (Lipinski definition) is 1. The van der Waals surface area contributed by atoms with E-state index in [2.05, 4.69) is 16.7 Å². The maximum Gasteiger partial charge on any atom is 0.229 e. The SMILES string of the molecule is CS[C@H]1CCCC[C@H]1NC(=O)Cc1c(C)noc1Cl. The van der Waals surface area contributed by atoms with Crippen molar-refractivity contribution in [1.29, 1.82) is 0 Å². The van der Waals surface area contributed by atoms with Crippen molar-refractivity contribution in [3.8, 4) is 0 Å². The average molecular weight is 303 g/mol. The first kappa shape index (κ1) is 14.7. The van der Waals surface area contributed by atoms with Crippen molar-refractivity contribution in [2.45, 2.75) is 50.3 Å². The Kier molecular flexibility index (Phi) is 5.16. The lowest BCUT2D eigenvalue weighted by Crippen LogP contribution is -2.44. The molecular formula is C13H19ClN2O2S. The molecule has 0 spiro atoms. The van der Waals surface area contributed by atoms with Crippen molar-refractivity contribution in [2.24, 2.45) is 0 Å². The van der Waals surface area contributed by atoms with Gasteiger partial charge < -0.3 is 9.84 Å². The van der Waals surface area contributed by atoms with Gasteiger partial charge in [0.1, 0.15) is 0 Å². The van der Waals surface area contributed by atoms with Crippen LogP contribution in [0.1, 0.15) is 36.9 Å². The van der Waals surface area contributed by atoms with Crippen LogP contribution in [0.25, 0.3) is 0 Å². The quantitative estimate of drug-likeness (QED) is 0.929. The van der Waals surface area contributed by atoms with Gasteiger partial charge in [-0.05, 0) is 37.6 Å². The van der Waals surface area contributed by atoms with Crippen LogP contribution in [0.4, 0.5) is 0 Å². The molecule has 6 heteroatoms. The minimum atomic E-state index is -0.000787. The maximum atomic E-state index is 12.1. The standard InChI is InChI=1S/C13H19ClN2O2S/c1-8-9(13(14)18-16-8)7-12(17)15-10-5-3-4-6-11(10)19-2/h10-11H,3-7H2,1-2H3,(H,15,17)/t10-,11+/m1/s1. The van der Waals surface area contributed by atoms with Crippen molar-refractivity contribution in [3.63, 3.8) is 0 Å². The van der Waals surface area contributed by atoms with E-state index in [9.17, 15) is 4.79 Å². The largest absolute Gasteiger partial charge is 0.352 e. The molecule has 1 saturated carbocycles. The Labute approximate surface area is 122 Å². The number of halogens is 1. The molecule has 0 radical (unpaired) electrons. The van der Waals surface area contributed by atoms with Crippen LogP contribution in [0.5, 0.6) is 0 Å². The highest BCUT2D eigenvalue weighted by Gasteiger charge is 2.26. The molecule has 0 saturated heterocycles. The lowest BCUT2D eigenvalue weighted by Gasteiger charge is -2.30. The van der Waals surface area contributed by atoms with Crippen molar-refractivity contribution in [1.82, 2.24) is 10.5 Å². The molecule has 2 rings (SSSR count). The molecule has 1 aliphatic carbocycles. The molecule has 0 aromatic carbocycles. The maximum absolute atomic E-state index is 12.1. The zero-order chi connectivity index (χ0) is 13.8. The summed E-state index contributed by atoms with van der Waals surface area (Å²) < 4.78 is 4.86. The van der Waals surface area contributed by atoms with E-state index in [-0.39, 0.29) is 23.6 Å². The van der Waals surface area contributed by atoms with Crippen LogP contribution in [0, 0.1) is 6.92 Å². The van der Waals surface area contributed by atoms with E-state index in [0.717, 1.165) is 6.42 Å². The first-order valence-electron chi connectivity index (χ1n) is 6.54. The third-order valence-corrected chi connectivity index (χ3v) is 5.09. The fourth-order valence-electron chi connectivity index (χ4n) is 2.52. The molecule has 19 heavy (non-hydrogen) atoms. The molecule has 1 aromatic heterocycles. The highest BCUT2D eigenvalue weighted by molar-refractivity contribution is 7.99. The van der Waals surface area contributed by atoms with Gasteiger partial charge in [0.2, 0.25) is 11.1 Å². The number of thioether (sulfide) groups is 1. The Bertz CT molecular complexity index is 430. The van der Waals surface area contributed by atoms with Crippen LogP contribution in [0.3, 0.4) is 0 Å². The van der Waals surface area contributed by atoms with Gasteiger partial charge in [-0.2, -0.15) is 11.8 Å². The van der Waals surface area contributed by atoms with E-state index < -0.39 is 0 Å². The Morgan fingerprint density at radius 3 is 2.89 bits per heavy atom. The number of nitrogens with one attached hydrogen (secondary N) is 1. The van der Waals surface area contributed by atoms with Crippen molar-refractivity contribution in [2.75, 3.05) is 6.26 Å². The molecule has 1 aliphatic rings. The van der Waals surface area contributed by atoms with Gasteiger partial charge in [-0.15, -0.1) is 0 Å². The molecular weight excluding hydrogens is 284 g/mol. The van der Waals surface area contributed by atoms with Crippen LogP contribution < -0.4 is 5.32 Å². The minimum absolute atomic E-state index is 0.000787. The average Bonchev–Trinajstić information content (AvgIpc) is 2.71. The molecule has 0 unspecified atom stereocenters. The molecule has 1 fully saturated rings. The summed E-state index contributed by atoms with van der Waals surface area (Å²) in [6.07, 6.45) is 7.04. The predicted molar refractivity (Wildman–Crippen MR) is 77.7 cm³/mol. The second kappa shape index (κ2) is 6.66. The fraction of sp³-hybridized carbons (Fsp3) is 0.692. The number of rotatable bonds is 4. The Balaban J connectivity index is 1.93. The number of aryl methyl sites for hydroxylation is 1. The summed E-state index contributed by atoms with van der Waals surface area (Å²) in [5.41, 5.74) is 1.38. The number of carbonyl (C=O) groups excluding carboxylic acids is 1. The Morgan fingerprint density at radius 2 is 2.26 bits per heavy atom. The molecule has 0 aliphatic heterocycles. The second-order valence-electron chi connectivity index (χ2n) is 4.93. The summed E-state index contributed by atoms with van der Waals surface area (Å²) in [4.78, 5) is 12.1. The van der Waals surface area contributed by atoms with Gasteiger partial charge in [0.25, 0.3) is 0 Å². The van der Waals surface area contributed by atoms with E-state index in [1.165, 1.54) is 19.3 Å². The van der Waals surface area contributed by atoms with E-state index in [1.54, 1.807) is 6.92 Å². The van der Waals surface area contributed by atoms with Gasteiger partial charge in [-0.1, -0.05) is 18.0 Å². The van der Waals surface area contributed by atoms with Crippen LogP contribution in [-0.2, 0) is 11.2 Å². The summed E-state index contributed by atoms with van der Waals surface area (Å²) >= 11 is 7.71. The normalized spacial score (nSPS) is 23.3. The first-order chi connectivity index (χ1) is 9.11. The monoisotopic (exact) mass is 302 g/mol. The Hall–Kier alpha value is -0.680. The molecule has 4 nitrogen and oxygen atoms in total. The van der Waals surface area contributed by atoms with E-state index in [1.807, 2.05) is 11.8 Å². The number of hydrogen-bond acceptors (Lipinski definition) is 4. The highest BCUT2D eigenvalue weighted by atomic mass is 35.5.